The Morgan fingerprint density at radius 2 is 2.00 bits per heavy atom. The molecule has 0 saturated carbocycles. The standard InChI is InChI=1S/C20H23N5O3/c1-20(2,27)18-12-16(23-28-18)14-6-5-11-24(13-14)19(26)15-7-3-4-8-17(15)25-21-9-10-22-25/h3-4,7-10,12,14,27H,5-6,11,13H2,1-2H3. The molecule has 4 rings (SSSR count). The number of piperidine rings is 1. The number of rotatable bonds is 4. The zero-order valence-electron chi connectivity index (χ0n) is 15.9. The number of benzene rings is 1. The van der Waals surface area contributed by atoms with Gasteiger partial charge in [-0.15, -0.1) is 0 Å². The van der Waals surface area contributed by atoms with Gasteiger partial charge in [0.25, 0.3) is 5.91 Å². The summed E-state index contributed by atoms with van der Waals surface area (Å²) in [6, 6.07) is 9.13. The van der Waals surface area contributed by atoms with Crippen LogP contribution in [-0.2, 0) is 5.60 Å². The zero-order valence-corrected chi connectivity index (χ0v) is 15.9. The number of carbonyl (C=O) groups excluding carboxylic acids is 1. The number of para-hydroxylation sites is 1. The van der Waals surface area contributed by atoms with Gasteiger partial charge in [-0.2, -0.15) is 15.0 Å². The molecular formula is C20H23N5O3. The summed E-state index contributed by atoms with van der Waals surface area (Å²) < 4.78 is 5.31. The summed E-state index contributed by atoms with van der Waals surface area (Å²) in [7, 11) is 0. The number of hydrogen-bond acceptors (Lipinski definition) is 6. The molecule has 8 heteroatoms. The molecule has 1 aliphatic heterocycles. The number of aliphatic hydroxyl groups is 1. The van der Waals surface area contributed by atoms with E-state index >= 15 is 0 Å². The van der Waals surface area contributed by atoms with Gasteiger partial charge in [-0.25, -0.2) is 0 Å². The first-order valence-electron chi connectivity index (χ1n) is 9.38. The fraction of sp³-hybridized carbons (Fsp3) is 0.400. The lowest BCUT2D eigenvalue weighted by Gasteiger charge is -2.32. The second-order valence-electron chi connectivity index (χ2n) is 7.60. The van der Waals surface area contributed by atoms with Crippen LogP contribution >= 0.6 is 0 Å². The van der Waals surface area contributed by atoms with Crippen LogP contribution in [0, 0.1) is 0 Å². The molecule has 0 aliphatic carbocycles. The van der Waals surface area contributed by atoms with E-state index in [2.05, 4.69) is 15.4 Å². The number of likely N-dealkylation sites (tertiary alicyclic amines) is 1. The van der Waals surface area contributed by atoms with Gasteiger partial charge in [0.1, 0.15) is 5.60 Å². The van der Waals surface area contributed by atoms with Crippen molar-refractivity contribution < 1.29 is 14.4 Å². The largest absolute Gasteiger partial charge is 0.382 e. The molecule has 0 spiro atoms. The summed E-state index contributed by atoms with van der Waals surface area (Å²) in [4.78, 5) is 16.5. The molecule has 1 aliphatic rings. The highest BCUT2D eigenvalue weighted by molar-refractivity contribution is 5.97. The Kier molecular flexibility index (Phi) is 4.72. The molecule has 2 aromatic heterocycles. The van der Waals surface area contributed by atoms with Crippen LogP contribution in [0.25, 0.3) is 5.69 Å². The normalized spacial score (nSPS) is 17.7. The lowest BCUT2D eigenvalue weighted by molar-refractivity contribution is 0.0474. The Labute approximate surface area is 162 Å². The summed E-state index contributed by atoms with van der Waals surface area (Å²) in [5.41, 5.74) is 0.921. The first-order valence-corrected chi connectivity index (χ1v) is 9.38. The van der Waals surface area contributed by atoms with Crippen molar-refractivity contribution in [1.29, 1.82) is 0 Å². The summed E-state index contributed by atoms with van der Waals surface area (Å²) >= 11 is 0. The minimum atomic E-state index is -1.08. The van der Waals surface area contributed by atoms with E-state index in [1.807, 2.05) is 23.1 Å². The zero-order chi connectivity index (χ0) is 19.7. The van der Waals surface area contributed by atoms with Crippen LogP contribution in [0.2, 0.25) is 0 Å². The van der Waals surface area contributed by atoms with Crippen LogP contribution in [0.15, 0.2) is 47.2 Å². The van der Waals surface area contributed by atoms with E-state index in [0.29, 0.717) is 30.1 Å². The van der Waals surface area contributed by atoms with E-state index < -0.39 is 5.60 Å². The molecule has 1 N–H and O–H groups in total. The topological polar surface area (TPSA) is 97.3 Å². The maximum atomic E-state index is 13.2. The molecule has 0 radical (unpaired) electrons. The third-order valence-corrected chi connectivity index (χ3v) is 5.03. The molecule has 1 amide bonds. The van der Waals surface area contributed by atoms with E-state index in [1.165, 1.54) is 4.80 Å². The van der Waals surface area contributed by atoms with Crippen LogP contribution in [0.5, 0.6) is 0 Å². The summed E-state index contributed by atoms with van der Waals surface area (Å²) in [5, 5.41) is 22.5. The average molecular weight is 381 g/mol. The molecule has 1 atom stereocenters. The van der Waals surface area contributed by atoms with Crippen molar-refractivity contribution in [1.82, 2.24) is 25.1 Å². The van der Waals surface area contributed by atoms with E-state index in [4.69, 9.17) is 4.52 Å². The van der Waals surface area contributed by atoms with Gasteiger partial charge in [-0.05, 0) is 38.8 Å². The van der Waals surface area contributed by atoms with Crippen molar-refractivity contribution in [2.45, 2.75) is 38.2 Å². The van der Waals surface area contributed by atoms with Crippen molar-refractivity contribution in [3.8, 4) is 5.69 Å². The van der Waals surface area contributed by atoms with Gasteiger partial charge in [0.15, 0.2) is 5.76 Å². The lowest BCUT2D eigenvalue weighted by Crippen LogP contribution is -2.39. The number of aromatic nitrogens is 4. The first-order chi connectivity index (χ1) is 13.4. The van der Waals surface area contributed by atoms with Crippen molar-refractivity contribution in [3.63, 3.8) is 0 Å². The Morgan fingerprint density at radius 3 is 2.71 bits per heavy atom. The molecule has 1 unspecified atom stereocenters. The fourth-order valence-electron chi connectivity index (χ4n) is 3.51. The molecule has 28 heavy (non-hydrogen) atoms. The Balaban J connectivity index is 1.56. The predicted octanol–water partition coefficient (Wildman–Crippen LogP) is 2.50. The molecule has 1 fully saturated rings. The maximum absolute atomic E-state index is 13.2. The van der Waals surface area contributed by atoms with Gasteiger partial charge in [0.2, 0.25) is 0 Å². The molecule has 0 bridgehead atoms. The van der Waals surface area contributed by atoms with Crippen LogP contribution in [0.4, 0.5) is 0 Å². The summed E-state index contributed by atoms with van der Waals surface area (Å²) in [5.74, 6) is 0.456. The second kappa shape index (κ2) is 7.20. The molecule has 3 aromatic rings. The molecular weight excluding hydrogens is 358 g/mol. The minimum Gasteiger partial charge on any atom is -0.382 e. The molecule has 1 aromatic carbocycles. The maximum Gasteiger partial charge on any atom is 0.256 e. The summed E-state index contributed by atoms with van der Waals surface area (Å²) in [6.45, 7) is 4.56. The van der Waals surface area contributed by atoms with Crippen molar-refractivity contribution in [2.24, 2.45) is 0 Å². The SMILES string of the molecule is CC(C)(O)c1cc(C2CCCN(C(=O)c3ccccc3-n3nccn3)C2)no1. The minimum absolute atomic E-state index is 0.0520. The highest BCUT2D eigenvalue weighted by atomic mass is 16.5. The van der Waals surface area contributed by atoms with Crippen molar-refractivity contribution in [2.75, 3.05) is 13.1 Å². The molecule has 3 heterocycles. The number of carbonyl (C=O) groups is 1. The number of hydrogen-bond donors (Lipinski definition) is 1. The molecule has 8 nitrogen and oxygen atoms in total. The van der Waals surface area contributed by atoms with Crippen molar-refractivity contribution >= 4 is 5.91 Å². The van der Waals surface area contributed by atoms with Crippen LogP contribution in [0.1, 0.15) is 54.4 Å². The fourth-order valence-corrected chi connectivity index (χ4v) is 3.51. The van der Waals surface area contributed by atoms with E-state index in [-0.39, 0.29) is 11.8 Å². The third kappa shape index (κ3) is 3.55. The Morgan fingerprint density at radius 1 is 1.25 bits per heavy atom. The van der Waals surface area contributed by atoms with Gasteiger partial charge in [-0.1, -0.05) is 17.3 Å². The molecule has 1 saturated heterocycles. The van der Waals surface area contributed by atoms with Gasteiger partial charge < -0.3 is 14.5 Å². The van der Waals surface area contributed by atoms with Crippen LogP contribution in [0.3, 0.4) is 0 Å². The quantitative estimate of drug-likeness (QED) is 0.746. The van der Waals surface area contributed by atoms with Gasteiger partial charge in [-0.3, -0.25) is 4.79 Å². The Hall–Kier alpha value is -3.00. The van der Waals surface area contributed by atoms with E-state index in [9.17, 15) is 9.90 Å². The lowest BCUT2D eigenvalue weighted by atomic mass is 9.93. The number of nitrogens with zero attached hydrogens (tertiary/aromatic N) is 5. The monoisotopic (exact) mass is 381 g/mol. The highest BCUT2D eigenvalue weighted by Crippen LogP contribution is 2.30. The Bertz CT molecular complexity index is 958. The second-order valence-corrected chi connectivity index (χ2v) is 7.60. The van der Waals surface area contributed by atoms with E-state index in [1.54, 1.807) is 38.4 Å². The van der Waals surface area contributed by atoms with Crippen LogP contribution in [-0.4, -0.2) is 49.2 Å². The molecule has 146 valence electrons. The van der Waals surface area contributed by atoms with Gasteiger partial charge in [0, 0.05) is 25.1 Å². The van der Waals surface area contributed by atoms with Gasteiger partial charge >= 0.3 is 0 Å². The third-order valence-electron chi connectivity index (χ3n) is 5.03. The average Bonchev–Trinajstić information content (AvgIpc) is 3.39. The first kappa shape index (κ1) is 18.4. The van der Waals surface area contributed by atoms with E-state index in [0.717, 1.165) is 18.5 Å². The predicted molar refractivity (Wildman–Crippen MR) is 101 cm³/mol. The van der Waals surface area contributed by atoms with Crippen LogP contribution < -0.4 is 0 Å². The number of amides is 1. The van der Waals surface area contributed by atoms with Gasteiger partial charge in [0.05, 0.1) is 29.3 Å². The highest BCUT2D eigenvalue weighted by Gasteiger charge is 2.30. The smallest absolute Gasteiger partial charge is 0.256 e. The van der Waals surface area contributed by atoms with Crippen molar-refractivity contribution in [3.05, 3.63) is 59.7 Å². The summed E-state index contributed by atoms with van der Waals surface area (Å²) in [6.07, 6.45) is 4.97.